The lowest BCUT2D eigenvalue weighted by molar-refractivity contribution is 0.0736. The van der Waals surface area contributed by atoms with E-state index < -0.39 is 0 Å². The van der Waals surface area contributed by atoms with Crippen molar-refractivity contribution >= 4 is 11.6 Å². The molecule has 1 unspecified atom stereocenters. The van der Waals surface area contributed by atoms with Crippen LogP contribution in [0.5, 0.6) is 0 Å². The van der Waals surface area contributed by atoms with Crippen molar-refractivity contribution in [3.8, 4) is 0 Å². The van der Waals surface area contributed by atoms with Crippen LogP contribution in [0.15, 0.2) is 30.7 Å². The molecule has 1 aliphatic rings. The molecule has 0 aromatic carbocycles. The summed E-state index contributed by atoms with van der Waals surface area (Å²) in [6.07, 6.45) is 7.63. The molecule has 1 fully saturated rings. The van der Waals surface area contributed by atoms with Gasteiger partial charge in [0.05, 0.1) is 5.56 Å². The van der Waals surface area contributed by atoms with Gasteiger partial charge in [0, 0.05) is 37.7 Å². The van der Waals surface area contributed by atoms with Gasteiger partial charge in [0.15, 0.2) is 0 Å². The summed E-state index contributed by atoms with van der Waals surface area (Å²) in [5.74, 6) is 0.119. The molecule has 1 N–H and O–H groups in total. The molecule has 100 valence electrons. The van der Waals surface area contributed by atoms with Gasteiger partial charge in [0.1, 0.15) is 5.65 Å². The average molecular weight is 258 g/mol. The second-order valence-corrected chi connectivity index (χ2v) is 4.96. The monoisotopic (exact) mass is 258 g/mol. The zero-order chi connectivity index (χ0) is 13.2. The van der Waals surface area contributed by atoms with Gasteiger partial charge in [-0.3, -0.25) is 4.79 Å². The standard InChI is InChI=1S/C14H18N4O/c1-15-9-12-3-2-7-18(12)14(19)11-4-5-13-16-6-8-17(13)10-11/h4-6,8,10,12,15H,2-3,7,9H2,1H3. The summed E-state index contributed by atoms with van der Waals surface area (Å²) < 4.78 is 1.89. The van der Waals surface area contributed by atoms with Crippen LogP contribution in [-0.2, 0) is 0 Å². The Morgan fingerprint density at radius 1 is 1.53 bits per heavy atom. The number of fused-ring (bicyclic) bond motifs is 1. The lowest BCUT2D eigenvalue weighted by Gasteiger charge is -2.24. The number of nitrogens with zero attached hydrogens (tertiary/aromatic N) is 3. The van der Waals surface area contributed by atoms with Crippen molar-refractivity contribution in [3.05, 3.63) is 36.3 Å². The number of likely N-dealkylation sites (tertiary alicyclic amines) is 1. The first-order valence-electron chi connectivity index (χ1n) is 6.68. The minimum absolute atomic E-state index is 0.119. The molecule has 5 nitrogen and oxygen atoms in total. The summed E-state index contributed by atoms with van der Waals surface area (Å²) in [6, 6.07) is 4.06. The average Bonchev–Trinajstić information content (AvgIpc) is 3.05. The lowest BCUT2D eigenvalue weighted by Crippen LogP contribution is -2.40. The maximum atomic E-state index is 12.6. The van der Waals surface area contributed by atoms with Gasteiger partial charge in [-0.25, -0.2) is 4.98 Å². The van der Waals surface area contributed by atoms with E-state index in [2.05, 4.69) is 10.3 Å². The van der Waals surface area contributed by atoms with Crippen molar-refractivity contribution < 1.29 is 4.79 Å². The van der Waals surface area contributed by atoms with Gasteiger partial charge >= 0.3 is 0 Å². The minimum atomic E-state index is 0.119. The SMILES string of the molecule is CNCC1CCCN1C(=O)c1ccc2nccn2c1. The van der Waals surface area contributed by atoms with Crippen LogP contribution in [0.2, 0.25) is 0 Å². The van der Waals surface area contributed by atoms with Gasteiger partial charge in [-0.15, -0.1) is 0 Å². The van der Waals surface area contributed by atoms with Gasteiger partial charge in [0.25, 0.3) is 5.91 Å². The molecule has 1 saturated heterocycles. The molecule has 0 radical (unpaired) electrons. The third-order valence-electron chi connectivity index (χ3n) is 3.71. The molecule has 1 aliphatic heterocycles. The Morgan fingerprint density at radius 3 is 3.26 bits per heavy atom. The summed E-state index contributed by atoms with van der Waals surface area (Å²) in [5, 5.41) is 3.16. The Balaban J connectivity index is 1.86. The van der Waals surface area contributed by atoms with Crippen molar-refractivity contribution in [1.29, 1.82) is 0 Å². The van der Waals surface area contributed by atoms with Crippen LogP contribution in [0.25, 0.3) is 5.65 Å². The van der Waals surface area contributed by atoms with Crippen LogP contribution in [-0.4, -0.2) is 46.4 Å². The van der Waals surface area contributed by atoms with E-state index >= 15 is 0 Å². The van der Waals surface area contributed by atoms with Gasteiger partial charge in [-0.2, -0.15) is 0 Å². The molecule has 0 spiro atoms. The van der Waals surface area contributed by atoms with E-state index in [0.717, 1.165) is 37.1 Å². The summed E-state index contributed by atoms with van der Waals surface area (Å²) in [7, 11) is 1.93. The number of amides is 1. The second-order valence-electron chi connectivity index (χ2n) is 4.96. The van der Waals surface area contributed by atoms with Gasteiger partial charge in [-0.05, 0) is 32.0 Å². The maximum Gasteiger partial charge on any atom is 0.255 e. The van der Waals surface area contributed by atoms with E-state index in [1.54, 1.807) is 6.20 Å². The fraction of sp³-hybridized carbons (Fsp3) is 0.429. The molecule has 0 saturated carbocycles. The molecule has 19 heavy (non-hydrogen) atoms. The van der Waals surface area contributed by atoms with Crippen molar-refractivity contribution in [2.45, 2.75) is 18.9 Å². The van der Waals surface area contributed by atoms with Gasteiger partial charge < -0.3 is 14.6 Å². The molecule has 3 rings (SSSR count). The predicted molar refractivity (Wildman–Crippen MR) is 73.2 cm³/mol. The van der Waals surface area contributed by atoms with Gasteiger partial charge in [-0.1, -0.05) is 0 Å². The summed E-state index contributed by atoms with van der Waals surface area (Å²) in [5.41, 5.74) is 1.60. The fourth-order valence-electron chi connectivity index (χ4n) is 2.76. The van der Waals surface area contributed by atoms with Crippen LogP contribution < -0.4 is 5.32 Å². The molecule has 0 bridgehead atoms. The summed E-state index contributed by atoms with van der Waals surface area (Å²) in [4.78, 5) is 18.7. The normalized spacial score (nSPS) is 19.2. The quantitative estimate of drug-likeness (QED) is 0.898. The Labute approximate surface area is 112 Å². The van der Waals surface area contributed by atoms with Crippen LogP contribution in [0.3, 0.4) is 0 Å². The number of aromatic nitrogens is 2. The molecule has 2 aromatic rings. The number of imidazole rings is 1. The summed E-state index contributed by atoms with van der Waals surface area (Å²) >= 11 is 0. The van der Waals surface area contributed by atoms with Crippen molar-refractivity contribution in [2.75, 3.05) is 20.1 Å². The Bertz CT molecular complexity index is 592. The molecule has 1 atom stereocenters. The van der Waals surface area contributed by atoms with Crippen molar-refractivity contribution in [2.24, 2.45) is 0 Å². The number of nitrogens with one attached hydrogen (secondary N) is 1. The Morgan fingerprint density at radius 2 is 2.42 bits per heavy atom. The number of carbonyl (C=O) groups is 1. The fourth-order valence-corrected chi connectivity index (χ4v) is 2.76. The van der Waals surface area contributed by atoms with E-state index in [1.165, 1.54) is 0 Å². The number of rotatable bonds is 3. The van der Waals surface area contributed by atoms with Gasteiger partial charge in [0.2, 0.25) is 0 Å². The highest BCUT2D eigenvalue weighted by Crippen LogP contribution is 2.19. The van der Waals surface area contributed by atoms with E-state index in [0.29, 0.717) is 6.04 Å². The highest BCUT2D eigenvalue weighted by molar-refractivity contribution is 5.94. The first-order chi connectivity index (χ1) is 9.29. The third kappa shape index (κ3) is 2.21. The lowest BCUT2D eigenvalue weighted by atomic mass is 10.2. The minimum Gasteiger partial charge on any atom is -0.334 e. The largest absolute Gasteiger partial charge is 0.334 e. The van der Waals surface area contributed by atoms with Crippen LogP contribution in [0, 0.1) is 0 Å². The van der Waals surface area contributed by atoms with E-state index in [9.17, 15) is 4.79 Å². The van der Waals surface area contributed by atoms with Crippen LogP contribution in [0.4, 0.5) is 0 Å². The second kappa shape index (κ2) is 5.01. The number of carbonyl (C=O) groups excluding carboxylic acids is 1. The molecule has 5 heteroatoms. The Kier molecular flexibility index (Phi) is 3.21. The third-order valence-corrected chi connectivity index (χ3v) is 3.71. The summed E-state index contributed by atoms with van der Waals surface area (Å²) in [6.45, 7) is 1.71. The maximum absolute atomic E-state index is 12.6. The molecular weight excluding hydrogens is 240 g/mol. The van der Waals surface area contributed by atoms with E-state index in [1.807, 2.05) is 40.9 Å². The van der Waals surface area contributed by atoms with E-state index in [-0.39, 0.29) is 5.91 Å². The number of hydrogen-bond acceptors (Lipinski definition) is 3. The highest BCUT2D eigenvalue weighted by atomic mass is 16.2. The number of pyridine rings is 1. The first-order valence-corrected chi connectivity index (χ1v) is 6.68. The van der Waals surface area contributed by atoms with Crippen molar-refractivity contribution in [1.82, 2.24) is 19.6 Å². The highest BCUT2D eigenvalue weighted by Gasteiger charge is 2.28. The first kappa shape index (κ1) is 12.2. The molecule has 1 amide bonds. The molecule has 2 aromatic heterocycles. The van der Waals surface area contributed by atoms with Crippen LogP contribution in [0.1, 0.15) is 23.2 Å². The topological polar surface area (TPSA) is 49.6 Å². The van der Waals surface area contributed by atoms with E-state index in [4.69, 9.17) is 0 Å². The molecule has 0 aliphatic carbocycles. The molecule has 3 heterocycles. The zero-order valence-corrected chi connectivity index (χ0v) is 11.0. The molecular formula is C14H18N4O. The van der Waals surface area contributed by atoms with Crippen LogP contribution >= 0.6 is 0 Å². The number of likely N-dealkylation sites (N-methyl/N-ethyl adjacent to an activating group) is 1. The predicted octanol–water partition coefficient (Wildman–Crippen LogP) is 1.16. The van der Waals surface area contributed by atoms with Crippen molar-refractivity contribution in [3.63, 3.8) is 0 Å². The zero-order valence-electron chi connectivity index (χ0n) is 11.0. The smallest absolute Gasteiger partial charge is 0.255 e. The number of hydrogen-bond donors (Lipinski definition) is 1. The Hall–Kier alpha value is -1.88.